The lowest BCUT2D eigenvalue weighted by Gasteiger charge is -2.12. The van der Waals surface area contributed by atoms with E-state index in [1.54, 1.807) is 23.1 Å². The van der Waals surface area contributed by atoms with Gasteiger partial charge < -0.3 is 0 Å². The summed E-state index contributed by atoms with van der Waals surface area (Å²) in [4.78, 5) is 2.04. The zero-order valence-corrected chi connectivity index (χ0v) is 15.0. The molecule has 0 aliphatic rings. The number of sulfonamides is 1. The van der Waals surface area contributed by atoms with Crippen LogP contribution < -0.4 is 4.72 Å². The molecule has 0 saturated carbocycles. The maximum Gasteiger partial charge on any atom is 0.241 e. The summed E-state index contributed by atoms with van der Waals surface area (Å²) in [5, 5.41) is 0.802. The van der Waals surface area contributed by atoms with Crippen molar-refractivity contribution >= 4 is 26.0 Å². The third-order valence-corrected chi connectivity index (χ3v) is 5.19. The van der Waals surface area contributed by atoms with E-state index in [0.29, 0.717) is 0 Å². The van der Waals surface area contributed by atoms with Crippen molar-refractivity contribution < 1.29 is 8.42 Å². The number of rotatable bonds is 6. The van der Waals surface area contributed by atoms with Crippen LogP contribution in [0.15, 0.2) is 53.4 Å². The van der Waals surface area contributed by atoms with Gasteiger partial charge in [0.05, 0.1) is 11.6 Å². The Hall–Kier alpha value is -1.21. The maximum atomic E-state index is 12.3. The first-order chi connectivity index (χ1) is 10.4. The van der Waals surface area contributed by atoms with E-state index >= 15 is 0 Å². The molecule has 0 atom stereocenters. The summed E-state index contributed by atoms with van der Waals surface area (Å²) in [5.41, 5.74) is 3.06. The van der Waals surface area contributed by atoms with Gasteiger partial charge in [0.2, 0.25) is 10.0 Å². The van der Waals surface area contributed by atoms with Gasteiger partial charge in [0.25, 0.3) is 0 Å². The Bertz CT molecular complexity index is 728. The minimum absolute atomic E-state index is 0.270. The first-order valence-corrected chi connectivity index (χ1v) is 9.42. The molecule has 0 aromatic heterocycles. The number of halogens is 1. The summed E-state index contributed by atoms with van der Waals surface area (Å²) in [7, 11) is 0.122. The van der Waals surface area contributed by atoms with Crippen molar-refractivity contribution in [3.63, 3.8) is 0 Å². The highest BCUT2D eigenvalue weighted by molar-refractivity contribution is 9.08. The molecule has 0 spiro atoms. The third kappa shape index (κ3) is 4.39. The van der Waals surface area contributed by atoms with Crippen LogP contribution >= 0.6 is 15.9 Å². The second-order valence-corrected chi connectivity index (χ2v) is 7.57. The van der Waals surface area contributed by atoms with Crippen molar-refractivity contribution in [2.75, 3.05) is 20.8 Å². The van der Waals surface area contributed by atoms with Gasteiger partial charge in [0, 0.05) is 5.33 Å². The zero-order chi connectivity index (χ0) is 16.2. The van der Waals surface area contributed by atoms with Crippen molar-refractivity contribution in [3.05, 3.63) is 54.1 Å². The van der Waals surface area contributed by atoms with E-state index in [2.05, 4.69) is 20.7 Å². The van der Waals surface area contributed by atoms with Crippen LogP contribution in [0.2, 0.25) is 0 Å². The molecule has 0 aliphatic carbocycles. The van der Waals surface area contributed by atoms with E-state index in [9.17, 15) is 8.42 Å². The van der Waals surface area contributed by atoms with Gasteiger partial charge in [-0.05, 0) is 42.9 Å². The average molecular weight is 383 g/mol. The van der Waals surface area contributed by atoms with Crippen molar-refractivity contribution in [1.82, 2.24) is 9.62 Å². The molecule has 0 unspecified atom stereocenters. The van der Waals surface area contributed by atoms with Gasteiger partial charge in [0.15, 0.2) is 0 Å². The van der Waals surface area contributed by atoms with E-state index in [1.165, 1.54) is 5.56 Å². The molecular weight excluding hydrogens is 364 g/mol. The van der Waals surface area contributed by atoms with Crippen molar-refractivity contribution in [2.24, 2.45) is 0 Å². The molecule has 0 bridgehead atoms. The van der Waals surface area contributed by atoms with Gasteiger partial charge in [-0.1, -0.05) is 52.3 Å². The summed E-state index contributed by atoms with van der Waals surface area (Å²) in [5.74, 6) is 0. The number of nitrogens with zero attached hydrogens (tertiary/aromatic N) is 1. The summed E-state index contributed by atoms with van der Waals surface area (Å²) in [6, 6.07) is 15.0. The fourth-order valence-corrected chi connectivity index (χ4v) is 3.43. The van der Waals surface area contributed by atoms with Crippen LogP contribution in [-0.4, -0.2) is 34.1 Å². The summed E-state index contributed by atoms with van der Waals surface area (Å²) >= 11 is 3.41. The molecule has 0 heterocycles. The Labute approximate surface area is 140 Å². The van der Waals surface area contributed by atoms with Crippen LogP contribution in [0.25, 0.3) is 11.1 Å². The Kier molecular flexibility index (Phi) is 5.74. The lowest BCUT2D eigenvalue weighted by molar-refractivity contribution is 0.399. The Morgan fingerprint density at radius 1 is 1.05 bits per heavy atom. The van der Waals surface area contributed by atoms with Crippen LogP contribution in [0.1, 0.15) is 5.56 Å². The van der Waals surface area contributed by atoms with Crippen LogP contribution in [0, 0.1) is 0 Å². The minimum atomic E-state index is -3.50. The lowest BCUT2D eigenvalue weighted by Crippen LogP contribution is -2.33. The summed E-state index contributed by atoms with van der Waals surface area (Å²) in [6.45, 7) is 0.270. The molecule has 6 heteroatoms. The summed E-state index contributed by atoms with van der Waals surface area (Å²) < 4.78 is 27.1. The highest BCUT2D eigenvalue weighted by atomic mass is 79.9. The number of hydrogen-bond donors (Lipinski definition) is 1. The van der Waals surface area contributed by atoms with Crippen LogP contribution in [-0.2, 0) is 15.4 Å². The van der Waals surface area contributed by atoms with Crippen LogP contribution in [0.4, 0.5) is 0 Å². The standard InChI is InChI=1S/C16H19BrN2O2S/c1-19(2)12-18-22(20,21)16-5-3-4-15(10-16)14-8-6-13(11-17)7-9-14/h3-10,18H,11-12H2,1-2H3. The average Bonchev–Trinajstić information content (AvgIpc) is 2.53. The predicted molar refractivity (Wildman–Crippen MR) is 93.4 cm³/mol. The molecule has 22 heavy (non-hydrogen) atoms. The smallest absolute Gasteiger partial charge is 0.241 e. The Morgan fingerprint density at radius 3 is 2.32 bits per heavy atom. The Morgan fingerprint density at radius 2 is 1.73 bits per heavy atom. The highest BCUT2D eigenvalue weighted by Crippen LogP contribution is 2.23. The predicted octanol–water partition coefficient (Wildman–Crippen LogP) is 3.05. The molecule has 118 valence electrons. The molecular formula is C16H19BrN2O2S. The van der Waals surface area contributed by atoms with E-state index in [4.69, 9.17) is 0 Å². The molecule has 0 saturated heterocycles. The number of benzene rings is 2. The fraction of sp³-hybridized carbons (Fsp3) is 0.250. The SMILES string of the molecule is CN(C)CNS(=O)(=O)c1cccc(-c2ccc(CBr)cc2)c1. The van der Waals surface area contributed by atoms with Gasteiger partial charge in [-0.2, -0.15) is 4.72 Å². The molecule has 0 radical (unpaired) electrons. The monoisotopic (exact) mass is 382 g/mol. The molecule has 0 aliphatic heterocycles. The maximum absolute atomic E-state index is 12.3. The van der Waals surface area contributed by atoms with Crippen molar-refractivity contribution in [1.29, 1.82) is 0 Å². The van der Waals surface area contributed by atoms with E-state index < -0.39 is 10.0 Å². The first kappa shape index (κ1) is 17.1. The van der Waals surface area contributed by atoms with Gasteiger partial charge >= 0.3 is 0 Å². The largest absolute Gasteiger partial charge is 0.296 e. The molecule has 0 amide bonds. The van der Waals surface area contributed by atoms with Gasteiger partial charge in [0.1, 0.15) is 0 Å². The van der Waals surface area contributed by atoms with Crippen molar-refractivity contribution in [3.8, 4) is 11.1 Å². The Balaban J connectivity index is 2.29. The van der Waals surface area contributed by atoms with Crippen molar-refractivity contribution in [2.45, 2.75) is 10.2 Å². The molecule has 2 aromatic rings. The lowest BCUT2D eigenvalue weighted by atomic mass is 10.0. The van der Waals surface area contributed by atoms with Gasteiger partial charge in [-0.25, -0.2) is 8.42 Å². The zero-order valence-electron chi connectivity index (χ0n) is 12.6. The topological polar surface area (TPSA) is 49.4 Å². The molecule has 1 N–H and O–H groups in total. The number of hydrogen-bond acceptors (Lipinski definition) is 3. The minimum Gasteiger partial charge on any atom is -0.296 e. The second-order valence-electron chi connectivity index (χ2n) is 5.24. The van der Waals surface area contributed by atoms with E-state index in [-0.39, 0.29) is 11.6 Å². The molecule has 4 nitrogen and oxygen atoms in total. The number of nitrogens with one attached hydrogen (secondary N) is 1. The highest BCUT2D eigenvalue weighted by Gasteiger charge is 2.14. The quantitative estimate of drug-likeness (QED) is 0.616. The first-order valence-electron chi connectivity index (χ1n) is 6.82. The number of alkyl halides is 1. The third-order valence-electron chi connectivity index (χ3n) is 3.16. The molecule has 2 rings (SSSR count). The fourth-order valence-electron chi connectivity index (χ4n) is 1.93. The van der Waals surface area contributed by atoms with Crippen LogP contribution in [0.3, 0.4) is 0 Å². The van der Waals surface area contributed by atoms with E-state index in [1.807, 2.05) is 44.4 Å². The van der Waals surface area contributed by atoms with E-state index in [0.717, 1.165) is 16.5 Å². The second kappa shape index (κ2) is 7.37. The summed E-state index contributed by atoms with van der Waals surface area (Å²) in [6.07, 6.45) is 0. The molecule has 0 fully saturated rings. The molecule has 2 aromatic carbocycles. The van der Waals surface area contributed by atoms with Gasteiger partial charge in [-0.15, -0.1) is 0 Å². The van der Waals surface area contributed by atoms with Gasteiger partial charge in [-0.3, -0.25) is 4.90 Å². The van der Waals surface area contributed by atoms with Crippen LogP contribution in [0.5, 0.6) is 0 Å². The normalized spacial score (nSPS) is 11.8.